The Morgan fingerprint density at radius 3 is 2.03 bits per heavy atom. The number of nitrogens with one attached hydrogen (secondary N) is 2. The van der Waals surface area contributed by atoms with E-state index in [1.165, 1.54) is 0 Å². The van der Waals surface area contributed by atoms with Crippen LogP contribution in [0.15, 0.2) is 96.2 Å². The van der Waals surface area contributed by atoms with E-state index in [0.717, 1.165) is 0 Å². The summed E-state index contributed by atoms with van der Waals surface area (Å²) in [5, 5.41) is 7.33. The molecule has 0 radical (unpaired) electrons. The first-order chi connectivity index (χ1) is 16.4. The van der Waals surface area contributed by atoms with Crippen LogP contribution in [0.3, 0.4) is 0 Å². The van der Waals surface area contributed by atoms with Crippen molar-refractivity contribution >= 4 is 41.4 Å². The number of urea groups is 1. The lowest BCUT2D eigenvalue weighted by atomic mass is 9.95. The van der Waals surface area contributed by atoms with Gasteiger partial charge in [0.15, 0.2) is 0 Å². The van der Waals surface area contributed by atoms with Crippen molar-refractivity contribution < 1.29 is 18.9 Å². The third kappa shape index (κ3) is 4.93. The molecule has 1 heterocycles. The van der Waals surface area contributed by atoms with Gasteiger partial charge in [-0.25, -0.2) is 9.59 Å². The maximum absolute atomic E-state index is 14.6. The van der Waals surface area contributed by atoms with Crippen LogP contribution in [0.5, 0.6) is 0 Å². The van der Waals surface area contributed by atoms with E-state index in [4.69, 9.17) is 16.3 Å². The summed E-state index contributed by atoms with van der Waals surface area (Å²) < 4.78 is 20.0. The van der Waals surface area contributed by atoms with E-state index in [0.29, 0.717) is 21.2 Å². The van der Waals surface area contributed by atoms with Crippen LogP contribution in [-0.4, -0.2) is 24.8 Å². The first kappa shape index (κ1) is 23.8. The highest BCUT2D eigenvalue weighted by Crippen LogP contribution is 2.46. The number of benzene rings is 3. The molecule has 1 aliphatic rings. The van der Waals surface area contributed by atoms with Crippen LogP contribution >= 0.6 is 18.7 Å². The van der Waals surface area contributed by atoms with Gasteiger partial charge in [-0.05, 0) is 24.6 Å². The molecule has 0 spiro atoms. The highest BCUT2D eigenvalue weighted by Gasteiger charge is 2.38. The Bertz CT molecular complexity index is 1220. The minimum atomic E-state index is -3.27. The number of carbonyl (C=O) groups excluding carboxylic acids is 2. The summed E-state index contributed by atoms with van der Waals surface area (Å²) >= 11 is 6.04. The molecule has 3 aromatic carbocycles. The first-order valence-corrected chi connectivity index (χ1v) is 13.1. The van der Waals surface area contributed by atoms with Gasteiger partial charge in [0, 0.05) is 27.5 Å². The van der Waals surface area contributed by atoms with Gasteiger partial charge in [-0.1, -0.05) is 84.4 Å². The Hall–Kier alpha value is -3.34. The predicted octanol–water partition coefficient (Wildman–Crippen LogP) is 4.53. The van der Waals surface area contributed by atoms with E-state index in [-0.39, 0.29) is 24.0 Å². The molecule has 0 bridgehead atoms. The van der Waals surface area contributed by atoms with Crippen molar-refractivity contribution in [2.24, 2.45) is 0 Å². The number of hydrogen-bond acceptors (Lipinski definition) is 4. The zero-order valence-corrected chi connectivity index (χ0v) is 20.2. The largest absolute Gasteiger partial charge is 0.463 e. The van der Waals surface area contributed by atoms with Crippen LogP contribution in [0.1, 0.15) is 18.5 Å². The Labute approximate surface area is 203 Å². The maximum Gasteiger partial charge on any atom is 0.338 e. The van der Waals surface area contributed by atoms with Crippen molar-refractivity contribution in [2.75, 3.05) is 12.8 Å². The molecule has 8 heteroatoms. The molecule has 0 saturated heterocycles. The van der Waals surface area contributed by atoms with E-state index >= 15 is 0 Å². The number of hydrogen-bond donors (Lipinski definition) is 2. The van der Waals surface area contributed by atoms with E-state index in [9.17, 15) is 14.2 Å². The molecule has 2 amide bonds. The topological polar surface area (TPSA) is 84.5 Å². The Morgan fingerprint density at radius 1 is 0.941 bits per heavy atom. The van der Waals surface area contributed by atoms with Gasteiger partial charge in [-0.15, -0.1) is 0 Å². The summed E-state index contributed by atoms with van der Waals surface area (Å²) in [4.78, 5) is 25.8. The van der Waals surface area contributed by atoms with Crippen LogP contribution in [0.2, 0.25) is 5.02 Å². The number of amides is 2. The zero-order chi connectivity index (χ0) is 24.1. The Morgan fingerprint density at radius 2 is 1.50 bits per heavy atom. The molecule has 0 saturated carbocycles. The maximum atomic E-state index is 14.6. The molecule has 0 fully saturated rings. The van der Waals surface area contributed by atoms with Crippen LogP contribution in [0.4, 0.5) is 4.79 Å². The standard InChI is InChI=1S/C26H24ClN2O4P/c1-2-33-25(30)23-22(28-26(31)29-24(23)18-13-15-19(27)16-14-18)17-34(32,20-9-5-3-6-10-20)21-11-7-4-8-12-21/h3-16,24H,2,17H2,1H3,(H2,28,29,31)/t24-/m1/s1. The fourth-order valence-corrected chi connectivity index (χ4v) is 6.78. The third-order valence-electron chi connectivity index (χ3n) is 5.58. The average Bonchev–Trinajstić information content (AvgIpc) is 2.85. The first-order valence-electron chi connectivity index (χ1n) is 10.9. The summed E-state index contributed by atoms with van der Waals surface area (Å²) in [7, 11) is -3.27. The van der Waals surface area contributed by atoms with Crippen LogP contribution in [0.25, 0.3) is 0 Å². The molecule has 174 valence electrons. The van der Waals surface area contributed by atoms with Gasteiger partial charge in [0.25, 0.3) is 0 Å². The predicted molar refractivity (Wildman–Crippen MR) is 134 cm³/mol. The lowest BCUT2D eigenvalue weighted by Gasteiger charge is -2.31. The van der Waals surface area contributed by atoms with Crippen molar-refractivity contribution in [3.05, 3.63) is 107 Å². The monoisotopic (exact) mass is 494 g/mol. The van der Waals surface area contributed by atoms with Crippen LogP contribution in [0, 0.1) is 0 Å². The van der Waals surface area contributed by atoms with Crippen molar-refractivity contribution in [3.8, 4) is 0 Å². The van der Waals surface area contributed by atoms with E-state index in [2.05, 4.69) is 10.6 Å². The zero-order valence-electron chi connectivity index (χ0n) is 18.5. The van der Waals surface area contributed by atoms with E-state index < -0.39 is 25.2 Å². The van der Waals surface area contributed by atoms with Gasteiger partial charge < -0.3 is 19.9 Å². The molecule has 34 heavy (non-hydrogen) atoms. The number of carbonyl (C=O) groups is 2. The SMILES string of the molecule is CCOC(=O)C1=C(CP(=O)(c2ccccc2)c2ccccc2)NC(=O)N[C@@H]1c1ccc(Cl)cc1. The summed E-state index contributed by atoms with van der Waals surface area (Å²) in [6.45, 7) is 1.87. The van der Waals surface area contributed by atoms with Gasteiger partial charge in [0.05, 0.1) is 18.2 Å². The molecule has 0 unspecified atom stereocenters. The molecule has 0 aromatic heterocycles. The average molecular weight is 495 g/mol. The van der Waals surface area contributed by atoms with Gasteiger partial charge in [0.2, 0.25) is 0 Å². The molecular weight excluding hydrogens is 471 g/mol. The normalized spacial score (nSPS) is 15.9. The van der Waals surface area contributed by atoms with Gasteiger partial charge in [0.1, 0.15) is 7.14 Å². The van der Waals surface area contributed by atoms with Crippen molar-refractivity contribution in [3.63, 3.8) is 0 Å². The van der Waals surface area contributed by atoms with E-state index in [1.807, 2.05) is 36.4 Å². The fourth-order valence-electron chi connectivity index (χ4n) is 3.99. The second-order valence-electron chi connectivity index (χ2n) is 7.76. The van der Waals surface area contributed by atoms with Crippen molar-refractivity contribution in [2.45, 2.75) is 13.0 Å². The number of esters is 1. The second-order valence-corrected chi connectivity index (χ2v) is 11.0. The molecule has 4 rings (SSSR count). The summed E-state index contributed by atoms with van der Waals surface area (Å²) in [6.07, 6.45) is -0.0489. The third-order valence-corrected chi connectivity index (χ3v) is 8.86. The molecule has 6 nitrogen and oxygen atoms in total. The fraction of sp³-hybridized carbons (Fsp3) is 0.154. The minimum absolute atomic E-state index is 0.0489. The van der Waals surface area contributed by atoms with Crippen molar-refractivity contribution in [1.82, 2.24) is 10.6 Å². The lowest BCUT2D eigenvalue weighted by Crippen LogP contribution is -2.47. The van der Waals surface area contributed by atoms with Crippen LogP contribution in [-0.2, 0) is 14.1 Å². The number of rotatable bonds is 7. The Balaban J connectivity index is 1.88. The molecule has 0 aliphatic carbocycles. The highest BCUT2D eigenvalue weighted by atomic mass is 35.5. The van der Waals surface area contributed by atoms with E-state index in [1.54, 1.807) is 55.5 Å². The lowest BCUT2D eigenvalue weighted by molar-refractivity contribution is -0.139. The molecule has 1 aliphatic heterocycles. The van der Waals surface area contributed by atoms with Crippen molar-refractivity contribution in [1.29, 1.82) is 0 Å². The number of halogens is 1. The minimum Gasteiger partial charge on any atom is -0.463 e. The van der Waals surface area contributed by atoms with Gasteiger partial charge >= 0.3 is 12.0 Å². The molecule has 3 aromatic rings. The number of allylic oxidation sites excluding steroid dienone is 1. The Kier molecular flexibility index (Phi) is 7.20. The smallest absolute Gasteiger partial charge is 0.338 e. The van der Waals surface area contributed by atoms with Crippen LogP contribution < -0.4 is 21.2 Å². The second kappa shape index (κ2) is 10.3. The molecular formula is C26H24ClN2O4P. The summed E-state index contributed by atoms with van der Waals surface area (Å²) in [6, 6.07) is 23.8. The number of ether oxygens (including phenoxy) is 1. The molecule has 1 atom stereocenters. The van der Waals surface area contributed by atoms with Gasteiger partial charge in [-0.2, -0.15) is 0 Å². The summed E-state index contributed by atoms with van der Waals surface area (Å²) in [5.41, 5.74) is 1.16. The summed E-state index contributed by atoms with van der Waals surface area (Å²) in [5.74, 6) is -0.586. The van der Waals surface area contributed by atoms with Gasteiger partial charge in [-0.3, -0.25) is 0 Å². The molecule has 2 N–H and O–H groups in total. The highest BCUT2D eigenvalue weighted by molar-refractivity contribution is 7.78. The quantitative estimate of drug-likeness (QED) is 0.373.